The molecule has 2 N–H and O–H groups in total. The maximum absolute atomic E-state index is 12.6. The van der Waals surface area contributed by atoms with Gasteiger partial charge in [0.2, 0.25) is 0 Å². The van der Waals surface area contributed by atoms with Gasteiger partial charge in [-0.15, -0.1) is 0 Å². The number of carbonyl (C=O) groups is 2. The van der Waals surface area contributed by atoms with Crippen molar-refractivity contribution < 1.29 is 22.7 Å². The number of benzene rings is 2. The van der Waals surface area contributed by atoms with Gasteiger partial charge in [0, 0.05) is 12.2 Å². The van der Waals surface area contributed by atoms with Gasteiger partial charge in [0.1, 0.15) is 0 Å². The normalized spacial score (nSPS) is 11.2. The summed E-state index contributed by atoms with van der Waals surface area (Å²) in [4.78, 5) is 23.9. The fourth-order valence-electron chi connectivity index (χ4n) is 2.46. The summed E-state index contributed by atoms with van der Waals surface area (Å²) in [5.41, 5.74) is 2.01. The summed E-state index contributed by atoms with van der Waals surface area (Å²) in [5, 5.41) is 2.65. The molecule has 8 heteroatoms. The second-order valence-electron chi connectivity index (χ2n) is 7.23. The van der Waals surface area contributed by atoms with Gasteiger partial charge in [-0.25, -0.2) is 13.2 Å². The fraction of sp³-hybridized carbons (Fsp3) is 0.333. The first kappa shape index (κ1) is 22.4. The van der Waals surface area contributed by atoms with E-state index in [1.165, 1.54) is 24.3 Å². The highest BCUT2D eigenvalue weighted by molar-refractivity contribution is 7.92. The quantitative estimate of drug-likeness (QED) is 0.642. The fourth-order valence-corrected chi connectivity index (χ4v) is 3.85. The molecule has 0 aliphatic heterocycles. The number of hydrogen-bond acceptors (Lipinski definition) is 5. The third-order valence-corrected chi connectivity index (χ3v) is 5.57. The SMILES string of the molecule is Cc1ccc(C)c(S(=O)(=O)Nc2ccc(C(=O)OCC(=O)NCC(C)C)cc2)c1. The van der Waals surface area contributed by atoms with Gasteiger partial charge in [-0.3, -0.25) is 9.52 Å². The zero-order valence-corrected chi connectivity index (χ0v) is 17.8. The number of esters is 1. The van der Waals surface area contributed by atoms with Crippen LogP contribution in [0.4, 0.5) is 5.69 Å². The van der Waals surface area contributed by atoms with Crippen LogP contribution >= 0.6 is 0 Å². The van der Waals surface area contributed by atoms with Crippen molar-refractivity contribution in [3.05, 3.63) is 59.2 Å². The summed E-state index contributed by atoms with van der Waals surface area (Å²) >= 11 is 0. The van der Waals surface area contributed by atoms with Crippen molar-refractivity contribution in [2.24, 2.45) is 5.92 Å². The number of sulfonamides is 1. The predicted octanol–water partition coefficient (Wildman–Crippen LogP) is 3.03. The Morgan fingerprint density at radius 3 is 2.31 bits per heavy atom. The zero-order chi connectivity index (χ0) is 21.6. The molecular formula is C21H26N2O5S. The molecule has 0 aliphatic rings. The second-order valence-corrected chi connectivity index (χ2v) is 8.88. The lowest BCUT2D eigenvalue weighted by atomic mass is 10.2. The minimum absolute atomic E-state index is 0.202. The molecule has 0 atom stereocenters. The van der Waals surface area contributed by atoms with Crippen LogP contribution in [0, 0.1) is 19.8 Å². The molecule has 2 aromatic carbocycles. The maximum atomic E-state index is 12.6. The summed E-state index contributed by atoms with van der Waals surface area (Å²) < 4.78 is 32.7. The standard InChI is InChI=1S/C21H26N2O5S/c1-14(2)12-22-20(24)13-28-21(25)17-7-9-18(10-8-17)23-29(26,27)19-11-15(3)5-6-16(19)4/h5-11,14,23H,12-13H2,1-4H3,(H,22,24). The lowest BCUT2D eigenvalue weighted by molar-refractivity contribution is -0.124. The van der Waals surface area contributed by atoms with Crippen LogP contribution in [0.2, 0.25) is 0 Å². The van der Waals surface area contributed by atoms with Crippen molar-refractivity contribution in [2.45, 2.75) is 32.6 Å². The van der Waals surface area contributed by atoms with Crippen LogP contribution < -0.4 is 10.0 Å². The van der Waals surface area contributed by atoms with Crippen LogP contribution in [0.3, 0.4) is 0 Å². The van der Waals surface area contributed by atoms with Crippen molar-refractivity contribution in [1.82, 2.24) is 5.32 Å². The minimum atomic E-state index is -3.75. The lowest BCUT2D eigenvalue weighted by Gasteiger charge is -2.12. The van der Waals surface area contributed by atoms with E-state index in [-0.39, 0.29) is 23.0 Å². The Bertz CT molecular complexity index is 983. The third-order valence-electron chi connectivity index (χ3n) is 4.05. The number of amides is 1. The summed E-state index contributed by atoms with van der Waals surface area (Å²) in [7, 11) is -3.75. The summed E-state index contributed by atoms with van der Waals surface area (Å²) in [5.74, 6) is -0.729. The van der Waals surface area contributed by atoms with Crippen LogP contribution in [0.1, 0.15) is 35.3 Å². The molecule has 0 fully saturated rings. The molecule has 0 radical (unpaired) electrons. The van der Waals surface area contributed by atoms with Gasteiger partial charge in [0.15, 0.2) is 6.61 Å². The minimum Gasteiger partial charge on any atom is -0.452 e. The second kappa shape index (κ2) is 9.56. The number of aryl methyl sites for hydroxylation is 2. The predicted molar refractivity (Wildman–Crippen MR) is 111 cm³/mol. The van der Waals surface area contributed by atoms with Crippen molar-refractivity contribution >= 4 is 27.6 Å². The average molecular weight is 419 g/mol. The van der Waals surface area contributed by atoms with Crippen molar-refractivity contribution in [3.8, 4) is 0 Å². The molecule has 0 unspecified atom stereocenters. The largest absolute Gasteiger partial charge is 0.452 e. The molecule has 7 nitrogen and oxygen atoms in total. The summed E-state index contributed by atoms with van der Waals surface area (Å²) in [6.07, 6.45) is 0. The molecule has 0 aliphatic carbocycles. The highest BCUT2D eigenvalue weighted by atomic mass is 32.2. The van der Waals surface area contributed by atoms with E-state index in [1.807, 2.05) is 26.8 Å². The first-order chi connectivity index (χ1) is 13.6. The van der Waals surface area contributed by atoms with E-state index in [0.29, 0.717) is 23.7 Å². The van der Waals surface area contributed by atoms with Gasteiger partial charge in [0.05, 0.1) is 10.5 Å². The first-order valence-corrected chi connectivity index (χ1v) is 10.7. The molecule has 0 saturated heterocycles. The van der Waals surface area contributed by atoms with Crippen LogP contribution in [-0.4, -0.2) is 33.4 Å². The van der Waals surface area contributed by atoms with Gasteiger partial charge >= 0.3 is 5.97 Å². The number of nitrogens with one attached hydrogen (secondary N) is 2. The van der Waals surface area contributed by atoms with Gasteiger partial charge in [-0.1, -0.05) is 26.0 Å². The number of anilines is 1. The van der Waals surface area contributed by atoms with E-state index in [9.17, 15) is 18.0 Å². The molecule has 156 valence electrons. The molecule has 2 rings (SSSR count). The molecule has 0 saturated carbocycles. The van der Waals surface area contributed by atoms with Gasteiger partial charge in [-0.2, -0.15) is 0 Å². The Balaban J connectivity index is 2.00. The highest BCUT2D eigenvalue weighted by Crippen LogP contribution is 2.21. The molecule has 1 amide bonds. The third kappa shape index (κ3) is 6.60. The average Bonchev–Trinajstić information content (AvgIpc) is 2.66. The van der Waals surface area contributed by atoms with Crippen LogP contribution in [-0.2, 0) is 19.6 Å². The van der Waals surface area contributed by atoms with Crippen LogP contribution in [0.15, 0.2) is 47.4 Å². The van der Waals surface area contributed by atoms with Crippen molar-refractivity contribution in [2.75, 3.05) is 17.9 Å². The van der Waals surface area contributed by atoms with E-state index >= 15 is 0 Å². The molecule has 0 heterocycles. The molecule has 0 aromatic heterocycles. The van der Waals surface area contributed by atoms with Gasteiger partial charge in [0.25, 0.3) is 15.9 Å². The lowest BCUT2D eigenvalue weighted by Crippen LogP contribution is -2.31. The Morgan fingerprint density at radius 1 is 1.03 bits per heavy atom. The first-order valence-electron chi connectivity index (χ1n) is 9.22. The zero-order valence-electron chi connectivity index (χ0n) is 17.0. The molecular weight excluding hydrogens is 392 g/mol. The van der Waals surface area contributed by atoms with E-state index in [2.05, 4.69) is 10.0 Å². The highest BCUT2D eigenvalue weighted by Gasteiger charge is 2.17. The monoisotopic (exact) mass is 418 g/mol. The molecule has 0 bridgehead atoms. The smallest absolute Gasteiger partial charge is 0.338 e. The number of ether oxygens (including phenoxy) is 1. The van der Waals surface area contributed by atoms with Gasteiger partial charge in [-0.05, 0) is 61.2 Å². The molecule has 2 aromatic rings. The van der Waals surface area contributed by atoms with Crippen LogP contribution in [0.25, 0.3) is 0 Å². The Morgan fingerprint density at radius 2 is 1.69 bits per heavy atom. The van der Waals surface area contributed by atoms with Crippen molar-refractivity contribution in [3.63, 3.8) is 0 Å². The number of hydrogen-bond donors (Lipinski definition) is 2. The maximum Gasteiger partial charge on any atom is 0.338 e. The molecule has 0 spiro atoms. The molecule has 29 heavy (non-hydrogen) atoms. The Hall–Kier alpha value is -2.87. The summed E-state index contributed by atoms with van der Waals surface area (Å²) in [6.45, 7) is 7.61. The van der Waals surface area contributed by atoms with Crippen molar-refractivity contribution in [1.29, 1.82) is 0 Å². The van der Waals surface area contributed by atoms with Crippen LogP contribution in [0.5, 0.6) is 0 Å². The Kier molecular flexibility index (Phi) is 7.39. The van der Waals surface area contributed by atoms with E-state index < -0.39 is 16.0 Å². The Labute approximate surface area is 171 Å². The van der Waals surface area contributed by atoms with E-state index in [1.54, 1.807) is 19.1 Å². The number of rotatable bonds is 8. The van der Waals surface area contributed by atoms with E-state index in [0.717, 1.165) is 5.56 Å². The summed E-state index contributed by atoms with van der Waals surface area (Å²) in [6, 6.07) is 11.0. The number of carbonyl (C=O) groups excluding carboxylic acids is 2. The van der Waals surface area contributed by atoms with Gasteiger partial charge < -0.3 is 10.1 Å². The van der Waals surface area contributed by atoms with E-state index in [4.69, 9.17) is 4.74 Å². The topological polar surface area (TPSA) is 102 Å².